The Labute approximate surface area is 108 Å². The zero-order chi connectivity index (χ0) is 13.8. The van der Waals surface area contributed by atoms with Crippen molar-refractivity contribution in [1.29, 1.82) is 5.26 Å². The maximum absolute atomic E-state index is 13.2. The van der Waals surface area contributed by atoms with E-state index in [0.29, 0.717) is 17.4 Å². The Morgan fingerprint density at radius 2 is 1.84 bits per heavy atom. The second-order valence-electron chi connectivity index (χ2n) is 3.98. The molecule has 0 bridgehead atoms. The molecular formula is C15H9F2NO. The molecule has 0 fully saturated rings. The van der Waals surface area contributed by atoms with Crippen LogP contribution < -0.4 is 0 Å². The number of nitrogens with zero attached hydrogens (tertiary/aromatic N) is 1. The summed E-state index contributed by atoms with van der Waals surface area (Å²) < 4.78 is 26.4. The molecule has 0 spiro atoms. The summed E-state index contributed by atoms with van der Waals surface area (Å²) in [5.74, 6) is -1.42. The van der Waals surface area contributed by atoms with E-state index in [1.165, 1.54) is 0 Å². The monoisotopic (exact) mass is 257 g/mol. The average Bonchev–Trinajstić information content (AvgIpc) is 2.37. The summed E-state index contributed by atoms with van der Waals surface area (Å²) in [6.07, 6.45) is 0.778. The van der Waals surface area contributed by atoms with E-state index in [9.17, 15) is 18.8 Å². The van der Waals surface area contributed by atoms with Gasteiger partial charge in [-0.15, -0.1) is 0 Å². The Kier molecular flexibility index (Phi) is 3.67. The van der Waals surface area contributed by atoms with E-state index in [-0.39, 0.29) is 17.5 Å². The number of carbonyl (C=O) groups is 1. The van der Waals surface area contributed by atoms with Gasteiger partial charge in [0, 0.05) is 12.5 Å². The molecule has 0 aliphatic carbocycles. The van der Waals surface area contributed by atoms with Crippen LogP contribution in [0.15, 0.2) is 36.4 Å². The Morgan fingerprint density at radius 3 is 2.42 bits per heavy atom. The van der Waals surface area contributed by atoms with Gasteiger partial charge in [-0.2, -0.15) is 5.26 Å². The quantitative estimate of drug-likeness (QED) is 0.792. The Hall–Kier alpha value is -2.54. The SMILES string of the molecule is N#Cc1c(CC=O)cccc1-c1cc(F)cc(F)c1. The normalized spacial score (nSPS) is 9.95. The van der Waals surface area contributed by atoms with Gasteiger partial charge in [0.15, 0.2) is 0 Å². The summed E-state index contributed by atoms with van der Waals surface area (Å²) in [7, 11) is 0. The second kappa shape index (κ2) is 5.40. The molecule has 0 radical (unpaired) electrons. The van der Waals surface area contributed by atoms with Crippen LogP contribution in [0.5, 0.6) is 0 Å². The molecular weight excluding hydrogens is 248 g/mol. The lowest BCUT2D eigenvalue weighted by Gasteiger charge is -2.08. The number of carbonyl (C=O) groups excluding carboxylic acids is 1. The molecule has 2 aromatic carbocycles. The van der Waals surface area contributed by atoms with Crippen molar-refractivity contribution in [2.75, 3.05) is 0 Å². The van der Waals surface area contributed by atoms with Gasteiger partial charge in [-0.25, -0.2) is 8.78 Å². The zero-order valence-electron chi connectivity index (χ0n) is 9.86. The predicted octanol–water partition coefficient (Wildman–Crippen LogP) is 3.24. The highest BCUT2D eigenvalue weighted by Gasteiger charge is 2.11. The molecule has 0 heterocycles. The minimum absolute atomic E-state index is 0.0918. The third-order valence-corrected chi connectivity index (χ3v) is 2.74. The average molecular weight is 257 g/mol. The maximum atomic E-state index is 13.2. The van der Waals surface area contributed by atoms with Crippen molar-refractivity contribution in [2.24, 2.45) is 0 Å². The van der Waals surface area contributed by atoms with Gasteiger partial charge in [0.05, 0.1) is 5.56 Å². The molecule has 0 aromatic heterocycles. The van der Waals surface area contributed by atoms with Gasteiger partial charge in [0.2, 0.25) is 0 Å². The molecule has 0 saturated carbocycles. The summed E-state index contributed by atoms with van der Waals surface area (Å²) in [5, 5.41) is 9.17. The number of nitriles is 1. The van der Waals surface area contributed by atoms with Crippen molar-refractivity contribution in [3.63, 3.8) is 0 Å². The van der Waals surface area contributed by atoms with Gasteiger partial charge >= 0.3 is 0 Å². The van der Waals surface area contributed by atoms with Crippen molar-refractivity contribution < 1.29 is 13.6 Å². The highest BCUT2D eigenvalue weighted by Crippen LogP contribution is 2.27. The topological polar surface area (TPSA) is 40.9 Å². The lowest BCUT2D eigenvalue weighted by Crippen LogP contribution is -1.95. The van der Waals surface area contributed by atoms with Crippen LogP contribution in [-0.4, -0.2) is 6.29 Å². The number of benzene rings is 2. The van der Waals surface area contributed by atoms with Gasteiger partial charge in [0.1, 0.15) is 24.0 Å². The van der Waals surface area contributed by atoms with E-state index in [4.69, 9.17) is 0 Å². The van der Waals surface area contributed by atoms with E-state index < -0.39 is 11.6 Å². The smallest absolute Gasteiger partial charge is 0.126 e. The molecule has 0 aliphatic rings. The van der Waals surface area contributed by atoms with Crippen molar-refractivity contribution in [3.8, 4) is 17.2 Å². The fourth-order valence-corrected chi connectivity index (χ4v) is 1.94. The van der Waals surface area contributed by atoms with Crippen LogP contribution in [0, 0.1) is 23.0 Å². The lowest BCUT2D eigenvalue weighted by atomic mass is 9.95. The first-order valence-corrected chi connectivity index (χ1v) is 5.58. The van der Waals surface area contributed by atoms with E-state index >= 15 is 0 Å². The number of rotatable bonds is 3. The van der Waals surface area contributed by atoms with E-state index in [0.717, 1.165) is 18.2 Å². The molecule has 0 unspecified atom stereocenters. The van der Waals surface area contributed by atoms with Crippen molar-refractivity contribution in [3.05, 3.63) is 59.2 Å². The summed E-state index contributed by atoms with van der Waals surface area (Å²) in [6.45, 7) is 0. The summed E-state index contributed by atoms with van der Waals surface area (Å²) in [4.78, 5) is 10.6. The Balaban J connectivity index is 2.65. The summed E-state index contributed by atoms with van der Waals surface area (Å²) in [6, 6.07) is 9.96. The van der Waals surface area contributed by atoms with Gasteiger partial charge in [-0.1, -0.05) is 18.2 Å². The van der Waals surface area contributed by atoms with Crippen LogP contribution in [-0.2, 0) is 11.2 Å². The van der Waals surface area contributed by atoms with Crippen LogP contribution in [0.3, 0.4) is 0 Å². The standard InChI is InChI=1S/C15H9F2NO/c16-12-6-11(7-13(17)8-12)14-3-1-2-10(4-5-19)15(14)9-18/h1-3,5-8H,4H2. The van der Waals surface area contributed by atoms with E-state index in [1.807, 2.05) is 6.07 Å². The summed E-state index contributed by atoms with van der Waals surface area (Å²) in [5.41, 5.74) is 1.50. The van der Waals surface area contributed by atoms with Crippen molar-refractivity contribution in [1.82, 2.24) is 0 Å². The number of hydrogen-bond acceptors (Lipinski definition) is 2. The molecule has 0 N–H and O–H groups in total. The van der Waals surface area contributed by atoms with E-state index in [2.05, 4.69) is 0 Å². The number of hydrogen-bond donors (Lipinski definition) is 0. The highest BCUT2D eigenvalue weighted by atomic mass is 19.1. The van der Waals surface area contributed by atoms with Gasteiger partial charge in [-0.05, 0) is 28.8 Å². The number of aldehydes is 1. The molecule has 0 saturated heterocycles. The van der Waals surface area contributed by atoms with Gasteiger partial charge in [0.25, 0.3) is 0 Å². The molecule has 19 heavy (non-hydrogen) atoms. The zero-order valence-corrected chi connectivity index (χ0v) is 9.86. The molecule has 2 rings (SSSR count). The van der Waals surface area contributed by atoms with Crippen molar-refractivity contribution >= 4 is 6.29 Å². The molecule has 2 aromatic rings. The fraction of sp³-hybridized carbons (Fsp3) is 0.0667. The highest BCUT2D eigenvalue weighted by molar-refractivity contribution is 5.74. The molecule has 0 atom stereocenters. The molecule has 94 valence electrons. The minimum atomic E-state index is -0.709. The summed E-state index contributed by atoms with van der Waals surface area (Å²) >= 11 is 0. The maximum Gasteiger partial charge on any atom is 0.126 e. The van der Waals surface area contributed by atoms with Gasteiger partial charge < -0.3 is 4.79 Å². The second-order valence-corrected chi connectivity index (χ2v) is 3.98. The minimum Gasteiger partial charge on any atom is -0.303 e. The third kappa shape index (κ3) is 2.66. The van der Waals surface area contributed by atoms with Crippen LogP contribution >= 0.6 is 0 Å². The fourth-order valence-electron chi connectivity index (χ4n) is 1.94. The number of halogens is 2. The van der Waals surface area contributed by atoms with Crippen LogP contribution in [0.4, 0.5) is 8.78 Å². The third-order valence-electron chi connectivity index (χ3n) is 2.74. The first-order chi connectivity index (χ1) is 9.15. The van der Waals surface area contributed by atoms with Crippen LogP contribution in [0.1, 0.15) is 11.1 Å². The lowest BCUT2D eigenvalue weighted by molar-refractivity contribution is -0.107. The first kappa shape index (κ1) is 12.9. The molecule has 2 nitrogen and oxygen atoms in total. The predicted molar refractivity (Wildman–Crippen MR) is 66.3 cm³/mol. The van der Waals surface area contributed by atoms with Crippen LogP contribution in [0.2, 0.25) is 0 Å². The molecule has 0 aliphatic heterocycles. The van der Waals surface area contributed by atoms with Crippen molar-refractivity contribution in [2.45, 2.75) is 6.42 Å². The Bertz CT molecular complexity index is 654. The molecule has 0 amide bonds. The van der Waals surface area contributed by atoms with Gasteiger partial charge in [-0.3, -0.25) is 0 Å². The molecule has 4 heteroatoms. The van der Waals surface area contributed by atoms with Crippen LogP contribution in [0.25, 0.3) is 11.1 Å². The first-order valence-electron chi connectivity index (χ1n) is 5.58. The van der Waals surface area contributed by atoms with E-state index in [1.54, 1.807) is 18.2 Å². The Morgan fingerprint density at radius 1 is 1.16 bits per heavy atom. The largest absolute Gasteiger partial charge is 0.303 e.